The van der Waals surface area contributed by atoms with Crippen molar-refractivity contribution in [3.05, 3.63) is 30.1 Å². The van der Waals surface area contributed by atoms with Crippen LogP contribution in [0.4, 0.5) is 0 Å². The number of nitrogens with zero attached hydrogens (tertiary/aromatic N) is 1. The standard InChI is InChI=1S/C11H12Cl2N2O4/c12-11(13)8(17)7(5-16)19-10(11)15-3-1-2-6(4-15)9(14)18/h1-4,7-8,10,16-17H,5H2,(H-,14,18)/p+1/t7-,8+,10-/m1/s1. The monoisotopic (exact) mass is 307 g/mol. The van der Waals surface area contributed by atoms with E-state index >= 15 is 0 Å². The number of aromatic nitrogens is 1. The van der Waals surface area contributed by atoms with Crippen molar-refractivity contribution >= 4 is 29.1 Å². The van der Waals surface area contributed by atoms with Gasteiger partial charge in [-0.2, -0.15) is 4.57 Å². The summed E-state index contributed by atoms with van der Waals surface area (Å²) in [6, 6.07) is 3.10. The molecule has 0 spiro atoms. The normalized spacial score (nSPS) is 29.4. The van der Waals surface area contributed by atoms with Gasteiger partial charge in [0.25, 0.3) is 12.1 Å². The lowest BCUT2D eigenvalue weighted by atomic mass is 10.1. The van der Waals surface area contributed by atoms with E-state index in [1.165, 1.54) is 16.8 Å². The largest absolute Gasteiger partial charge is 0.394 e. The molecule has 2 rings (SSSR count). The van der Waals surface area contributed by atoms with Crippen LogP contribution in [-0.4, -0.2) is 39.3 Å². The first-order valence-electron chi connectivity index (χ1n) is 5.50. The molecule has 6 nitrogen and oxygen atoms in total. The summed E-state index contributed by atoms with van der Waals surface area (Å²) in [5.41, 5.74) is 5.43. The Hall–Kier alpha value is -0.920. The van der Waals surface area contributed by atoms with Crippen LogP contribution in [0.2, 0.25) is 0 Å². The fourth-order valence-corrected chi connectivity index (χ4v) is 2.53. The summed E-state index contributed by atoms with van der Waals surface area (Å²) in [5, 5.41) is 19.0. The molecule has 1 aromatic rings. The maximum Gasteiger partial charge on any atom is 0.299 e. The highest BCUT2D eigenvalue weighted by atomic mass is 35.5. The molecule has 1 aromatic heterocycles. The van der Waals surface area contributed by atoms with Crippen LogP contribution < -0.4 is 10.3 Å². The number of aliphatic hydroxyl groups is 2. The Kier molecular flexibility index (Phi) is 3.98. The van der Waals surface area contributed by atoms with Gasteiger partial charge < -0.3 is 20.7 Å². The van der Waals surface area contributed by atoms with Crippen molar-refractivity contribution < 1.29 is 24.3 Å². The van der Waals surface area contributed by atoms with Gasteiger partial charge in [-0.05, 0) is 6.07 Å². The Morgan fingerprint density at radius 3 is 2.79 bits per heavy atom. The number of primary amides is 1. The molecular formula is C11H13Cl2N2O4+. The van der Waals surface area contributed by atoms with Crippen LogP contribution in [0.15, 0.2) is 24.5 Å². The molecule has 19 heavy (non-hydrogen) atoms. The first-order valence-corrected chi connectivity index (χ1v) is 6.26. The zero-order chi connectivity index (χ0) is 14.2. The maximum absolute atomic E-state index is 11.1. The van der Waals surface area contributed by atoms with Crippen LogP contribution in [0, 0.1) is 0 Å². The fourth-order valence-electron chi connectivity index (χ4n) is 1.92. The van der Waals surface area contributed by atoms with Gasteiger partial charge in [-0.1, -0.05) is 23.2 Å². The van der Waals surface area contributed by atoms with Gasteiger partial charge in [-0.25, -0.2) is 0 Å². The smallest absolute Gasteiger partial charge is 0.299 e. The van der Waals surface area contributed by atoms with Crippen molar-refractivity contribution in [1.82, 2.24) is 0 Å². The van der Waals surface area contributed by atoms with Crippen molar-refractivity contribution in [2.24, 2.45) is 5.73 Å². The molecule has 1 fully saturated rings. The second-order valence-electron chi connectivity index (χ2n) is 4.23. The predicted octanol–water partition coefficient (Wildman–Crippen LogP) is -0.502. The lowest BCUT2D eigenvalue weighted by molar-refractivity contribution is -0.760. The van der Waals surface area contributed by atoms with Crippen molar-refractivity contribution in [3.8, 4) is 0 Å². The van der Waals surface area contributed by atoms with Crippen LogP contribution in [0.5, 0.6) is 0 Å². The molecule has 1 aliphatic rings. The van der Waals surface area contributed by atoms with Gasteiger partial charge in [0, 0.05) is 6.07 Å². The lowest BCUT2D eigenvalue weighted by Gasteiger charge is -2.18. The summed E-state index contributed by atoms with van der Waals surface area (Å²) in [4.78, 5) is 11.1. The number of hydrogen-bond donors (Lipinski definition) is 3. The number of carbonyl (C=O) groups is 1. The number of pyridine rings is 1. The summed E-state index contributed by atoms with van der Waals surface area (Å²) < 4.78 is 5.19. The Bertz CT molecular complexity index is 497. The number of rotatable bonds is 3. The van der Waals surface area contributed by atoms with Gasteiger partial charge in [0.15, 0.2) is 12.4 Å². The minimum Gasteiger partial charge on any atom is -0.394 e. The predicted molar refractivity (Wildman–Crippen MR) is 66.6 cm³/mol. The molecule has 0 radical (unpaired) electrons. The van der Waals surface area contributed by atoms with Crippen LogP contribution in [-0.2, 0) is 4.74 Å². The molecule has 1 amide bonds. The number of nitrogens with two attached hydrogens (primary N) is 1. The number of ether oxygens (including phenoxy) is 1. The topological polar surface area (TPSA) is 96.7 Å². The summed E-state index contributed by atoms with van der Waals surface area (Å²) >= 11 is 12.1. The van der Waals surface area contributed by atoms with Crippen LogP contribution in [0.3, 0.4) is 0 Å². The molecule has 104 valence electrons. The highest BCUT2D eigenvalue weighted by Crippen LogP contribution is 2.43. The van der Waals surface area contributed by atoms with E-state index in [0.717, 1.165) is 0 Å². The van der Waals surface area contributed by atoms with Crippen LogP contribution >= 0.6 is 23.2 Å². The number of carbonyl (C=O) groups excluding carboxylic acids is 1. The molecule has 0 aromatic carbocycles. The summed E-state index contributed by atoms with van der Waals surface area (Å²) in [7, 11) is 0. The quantitative estimate of drug-likeness (QED) is 0.518. The molecular weight excluding hydrogens is 295 g/mol. The van der Waals surface area contributed by atoms with Gasteiger partial charge in [-0.15, -0.1) is 0 Å². The average molecular weight is 308 g/mol. The molecule has 8 heteroatoms. The summed E-state index contributed by atoms with van der Waals surface area (Å²) in [5.74, 6) is -0.610. The van der Waals surface area contributed by atoms with E-state index in [-0.39, 0.29) is 5.56 Å². The van der Waals surface area contributed by atoms with Crippen LogP contribution in [0.25, 0.3) is 0 Å². The molecule has 4 N–H and O–H groups in total. The molecule has 1 aliphatic heterocycles. The van der Waals surface area contributed by atoms with Crippen molar-refractivity contribution in [2.45, 2.75) is 22.8 Å². The molecule has 1 saturated heterocycles. The third-order valence-corrected chi connectivity index (χ3v) is 3.76. The van der Waals surface area contributed by atoms with Gasteiger partial charge >= 0.3 is 0 Å². The lowest BCUT2D eigenvalue weighted by Crippen LogP contribution is -2.49. The minimum absolute atomic E-state index is 0.247. The first-order chi connectivity index (χ1) is 8.87. The highest BCUT2D eigenvalue weighted by molar-refractivity contribution is 6.49. The van der Waals surface area contributed by atoms with Gasteiger partial charge in [0.1, 0.15) is 17.8 Å². The van der Waals surface area contributed by atoms with Gasteiger partial charge in [0.05, 0.1) is 6.61 Å². The summed E-state index contributed by atoms with van der Waals surface area (Å²) in [6.45, 7) is -0.422. The third-order valence-electron chi connectivity index (χ3n) is 2.94. The average Bonchev–Trinajstić information content (AvgIpc) is 2.61. The van der Waals surface area contributed by atoms with Crippen molar-refractivity contribution in [1.29, 1.82) is 0 Å². The van der Waals surface area contributed by atoms with Gasteiger partial charge in [0.2, 0.25) is 4.33 Å². The highest BCUT2D eigenvalue weighted by Gasteiger charge is 2.59. The zero-order valence-electron chi connectivity index (χ0n) is 9.74. The molecule has 0 unspecified atom stereocenters. The van der Waals surface area contributed by atoms with Crippen LogP contribution in [0.1, 0.15) is 16.6 Å². The summed E-state index contributed by atoms with van der Waals surface area (Å²) in [6.07, 6.45) is -0.107. The van der Waals surface area contributed by atoms with Gasteiger partial charge in [-0.3, -0.25) is 4.79 Å². The van der Waals surface area contributed by atoms with E-state index in [4.69, 9.17) is 38.8 Å². The van der Waals surface area contributed by atoms with E-state index in [1.54, 1.807) is 12.3 Å². The molecule has 3 atom stereocenters. The second kappa shape index (κ2) is 5.22. The second-order valence-corrected chi connectivity index (χ2v) is 5.68. The number of alkyl halides is 2. The zero-order valence-corrected chi connectivity index (χ0v) is 11.3. The Labute approximate surface area is 119 Å². The molecule has 2 heterocycles. The molecule has 0 saturated carbocycles. The number of amides is 1. The van der Waals surface area contributed by atoms with Crippen molar-refractivity contribution in [2.75, 3.05) is 6.61 Å². The number of hydrogen-bond acceptors (Lipinski definition) is 4. The van der Waals surface area contributed by atoms with E-state index < -0.39 is 35.3 Å². The molecule has 0 aliphatic carbocycles. The van der Waals surface area contributed by atoms with E-state index in [9.17, 15) is 9.90 Å². The fraction of sp³-hybridized carbons (Fsp3) is 0.455. The Balaban J connectivity index is 2.36. The Morgan fingerprint density at radius 1 is 1.58 bits per heavy atom. The first kappa shape index (κ1) is 14.5. The third kappa shape index (κ3) is 2.54. The van der Waals surface area contributed by atoms with Crippen molar-refractivity contribution in [3.63, 3.8) is 0 Å². The number of aliphatic hydroxyl groups excluding tert-OH is 2. The number of halogens is 2. The van der Waals surface area contributed by atoms with E-state index in [0.29, 0.717) is 0 Å². The molecule has 0 bridgehead atoms. The maximum atomic E-state index is 11.1. The minimum atomic E-state index is -1.64. The SMILES string of the molecule is NC(=O)c1ccc[n+]([C@@H]2O[C@H](CO)[C@H](O)C2(Cl)Cl)c1. The van der Waals surface area contributed by atoms with E-state index in [1.807, 2.05) is 0 Å². The Morgan fingerprint density at radius 2 is 2.26 bits per heavy atom. The van der Waals surface area contributed by atoms with E-state index in [2.05, 4.69) is 0 Å².